The Morgan fingerprint density at radius 3 is 1.96 bits per heavy atom. The van der Waals surface area contributed by atoms with Gasteiger partial charge in [-0.2, -0.15) is 44.8 Å². The molecule has 3 aliphatic heterocycles. The average molecular weight is 1210 g/mol. The van der Waals surface area contributed by atoms with Gasteiger partial charge < -0.3 is 31.0 Å². The fourth-order valence-corrected chi connectivity index (χ4v) is 11.9. The van der Waals surface area contributed by atoms with E-state index in [9.17, 15) is 53.5 Å². The monoisotopic (exact) mass is 1210 g/mol. The van der Waals surface area contributed by atoms with Crippen molar-refractivity contribution in [2.45, 2.75) is 147 Å². The number of amides is 3. The van der Waals surface area contributed by atoms with Crippen LogP contribution in [0.1, 0.15) is 141 Å². The van der Waals surface area contributed by atoms with Crippen molar-refractivity contribution in [1.29, 1.82) is 0 Å². The number of hydrogen-bond donors (Lipinski definition) is 7. The van der Waals surface area contributed by atoms with Crippen LogP contribution < -0.4 is 26.2 Å². The number of anilines is 4. The summed E-state index contributed by atoms with van der Waals surface area (Å²) in [6, 6.07) is 10.9. The summed E-state index contributed by atoms with van der Waals surface area (Å²) in [6.45, 7) is 12.8. The van der Waals surface area contributed by atoms with Crippen molar-refractivity contribution in [3.63, 3.8) is 0 Å². The number of carbonyl (C=O) groups is 4. The maximum Gasteiger partial charge on any atom is 0.333 e. The standard InChI is InChI=1S/C56H78N10O14S3/c1-6-34-64-45-25-23-40(2)38-43(45)56(5,47(64)20-11-7-10-19-46-55(3,4)42-39-41(83(77,78)79)24-26-44(42)65(46)35-18-37-82(74,75)76)29-14-8-12-21-48(67)57-31-16-32-59-53-61-52(62-54(63-53)60-33-17-36-81(71,72)73)58-30-15-9-13-22-51(70)80-66-49(68)27-28-50(66)69/h7,10-11,19-20,23-26,38-39H,6,8-9,12-18,21-22,27-37H2,1-5H3,(H6-,57,58,59,60,61,62,63,67,71,72,73,74,75,76,77,78,79)/p+1. The number of hydrogen-bond acceptors (Lipinski definition) is 18. The molecular weight excluding hydrogens is 1130 g/mol. The van der Waals surface area contributed by atoms with E-state index in [1.807, 2.05) is 43.1 Å². The minimum atomic E-state index is -4.49. The van der Waals surface area contributed by atoms with Gasteiger partial charge in [0.1, 0.15) is 6.54 Å². The Kier molecular flexibility index (Phi) is 23.1. The molecule has 1 fully saturated rings. The van der Waals surface area contributed by atoms with Crippen molar-refractivity contribution in [2.24, 2.45) is 0 Å². The van der Waals surface area contributed by atoms with E-state index in [2.05, 4.69) is 85.8 Å². The maximum atomic E-state index is 13.0. The number of allylic oxidation sites excluding steroid dienone is 6. The second-order valence-corrected chi connectivity index (χ2v) is 26.2. The van der Waals surface area contributed by atoms with Gasteiger partial charge in [0.25, 0.3) is 42.2 Å². The van der Waals surface area contributed by atoms with Crippen LogP contribution >= 0.6 is 0 Å². The summed E-state index contributed by atoms with van der Waals surface area (Å²) in [7, 11) is -12.9. The number of aromatic nitrogens is 3. The van der Waals surface area contributed by atoms with Crippen molar-refractivity contribution < 1.29 is 67.5 Å². The third-order valence-corrected chi connectivity index (χ3v) is 17.1. The number of aryl methyl sites for hydroxylation is 1. The van der Waals surface area contributed by atoms with E-state index in [0.717, 1.165) is 54.9 Å². The van der Waals surface area contributed by atoms with Crippen molar-refractivity contribution in [1.82, 2.24) is 25.3 Å². The van der Waals surface area contributed by atoms with Crippen LogP contribution in [0.3, 0.4) is 0 Å². The molecule has 1 unspecified atom stereocenters. The average Bonchev–Trinajstić information content (AvgIpc) is 1.90. The zero-order chi connectivity index (χ0) is 60.6. The highest BCUT2D eigenvalue weighted by molar-refractivity contribution is 7.86. The summed E-state index contributed by atoms with van der Waals surface area (Å²) >= 11 is 0. The molecule has 83 heavy (non-hydrogen) atoms. The van der Waals surface area contributed by atoms with Crippen molar-refractivity contribution in [3.05, 3.63) is 89.2 Å². The molecule has 3 amide bonds. The number of fused-ring (bicyclic) bond motifs is 2. The van der Waals surface area contributed by atoms with Gasteiger partial charge >= 0.3 is 5.97 Å². The highest BCUT2D eigenvalue weighted by Gasteiger charge is 2.47. The number of benzene rings is 2. The molecule has 1 atom stereocenters. The van der Waals surface area contributed by atoms with Gasteiger partial charge in [0.15, 0.2) is 5.71 Å². The van der Waals surface area contributed by atoms with Crippen molar-refractivity contribution >= 4 is 89.0 Å². The predicted molar refractivity (Wildman–Crippen MR) is 315 cm³/mol. The quantitative estimate of drug-likeness (QED) is 0.0103. The van der Waals surface area contributed by atoms with Gasteiger partial charge in [0.05, 0.1) is 21.8 Å². The molecule has 1 aromatic heterocycles. The van der Waals surface area contributed by atoms with Crippen LogP contribution in [0, 0.1) is 6.92 Å². The lowest BCUT2D eigenvalue weighted by molar-refractivity contribution is -0.437. The highest BCUT2D eigenvalue weighted by atomic mass is 32.2. The van der Waals surface area contributed by atoms with E-state index in [0.29, 0.717) is 74.5 Å². The van der Waals surface area contributed by atoms with Crippen LogP contribution in [-0.4, -0.2) is 144 Å². The van der Waals surface area contributed by atoms with Gasteiger partial charge in [0.2, 0.25) is 29.4 Å². The minimum absolute atomic E-state index is 0.0180. The summed E-state index contributed by atoms with van der Waals surface area (Å²) in [4.78, 5) is 68.4. The number of nitrogens with zero attached hydrogens (tertiary/aromatic N) is 6. The molecule has 1 saturated heterocycles. The molecule has 0 bridgehead atoms. The van der Waals surface area contributed by atoms with Crippen LogP contribution in [0.2, 0.25) is 0 Å². The van der Waals surface area contributed by atoms with Crippen molar-refractivity contribution in [2.75, 3.05) is 71.6 Å². The van der Waals surface area contributed by atoms with Gasteiger partial charge in [-0.3, -0.25) is 28.0 Å². The van der Waals surface area contributed by atoms with E-state index in [4.69, 9.17) is 9.39 Å². The van der Waals surface area contributed by atoms with Gasteiger partial charge in [-0.15, -0.1) is 5.06 Å². The summed E-state index contributed by atoms with van der Waals surface area (Å²) in [5, 5.41) is 12.7. The molecule has 0 spiro atoms. The Balaban J connectivity index is 1.000. The van der Waals surface area contributed by atoms with Gasteiger partial charge in [-0.25, -0.2) is 4.79 Å². The smallest absolute Gasteiger partial charge is 0.333 e. The SMILES string of the molecule is CCC[N+]1=C(/C=C/C=C/C=C2/N(CCCS(=O)(=O)O)c3ccc(S(=O)(=O)O)cc3C2(C)C)C(C)(CCCCCC(=O)NCCCNc2nc(NCCCCCC(=O)ON3C(=O)CCC3=O)nc(NCCCS(=O)(=O)O)n2)c2cc(C)ccc21. The van der Waals surface area contributed by atoms with Crippen LogP contribution in [0.15, 0.2) is 77.4 Å². The van der Waals surface area contributed by atoms with E-state index >= 15 is 0 Å². The highest BCUT2D eigenvalue weighted by Crippen LogP contribution is 2.49. The first kappa shape index (κ1) is 65.5. The molecule has 3 aromatic rings. The first-order valence-corrected chi connectivity index (χ1v) is 32.8. The van der Waals surface area contributed by atoms with Gasteiger partial charge in [-0.05, 0) is 94.7 Å². The van der Waals surface area contributed by atoms with E-state index in [1.165, 1.54) is 17.7 Å². The van der Waals surface area contributed by atoms with E-state index < -0.39 is 65.1 Å². The zero-order valence-corrected chi connectivity index (χ0v) is 50.3. The number of imide groups is 1. The topological polar surface area (TPSA) is 337 Å². The third kappa shape index (κ3) is 18.9. The van der Waals surface area contributed by atoms with E-state index in [-0.39, 0.29) is 79.3 Å². The summed E-state index contributed by atoms with van der Waals surface area (Å²) in [6.07, 6.45) is 16.9. The maximum absolute atomic E-state index is 13.0. The molecule has 7 N–H and O–H groups in total. The lowest BCUT2D eigenvalue weighted by atomic mass is 9.75. The molecule has 27 heteroatoms. The van der Waals surface area contributed by atoms with Gasteiger partial charge in [-0.1, -0.05) is 69.9 Å². The molecular formula is C56H79N10O14S3+. The second kappa shape index (κ2) is 29.2. The summed E-state index contributed by atoms with van der Waals surface area (Å²) in [5.74, 6) is -2.06. The van der Waals surface area contributed by atoms with Crippen LogP contribution in [0.4, 0.5) is 29.2 Å². The van der Waals surface area contributed by atoms with Crippen LogP contribution in [0.25, 0.3) is 0 Å². The Morgan fingerprint density at radius 2 is 1.33 bits per heavy atom. The largest absolute Gasteiger partial charge is 0.356 e. The lowest BCUT2D eigenvalue weighted by Gasteiger charge is -2.27. The Hall–Kier alpha value is -6.65. The number of unbranched alkanes of at least 4 members (excludes halogenated alkanes) is 4. The molecule has 2 aromatic carbocycles. The molecule has 0 radical (unpaired) electrons. The Morgan fingerprint density at radius 1 is 0.711 bits per heavy atom. The second-order valence-electron chi connectivity index (χ2n) is 21.6. The normalized spacial score (nSPS) is 17.5. The number of rotatable bonds is 34. The third-order valence-electron chi connectivity index (χ3n) is 14.6. The zero-order valence-electron chi connectivity index (χ0n) is 47.9. The molecule has 454 valence electrons. The lowest BCUT2D eigenvalue weighted by Crippen LogP contribution is -2.31. The Bertz CT molecular complexity index is 3310. The minimum Gasteiger partial charge on any atom is -0.356 e. The molecule has 3 aliphatic rings. The molecule has 0 aliphatic carbocycles. The fourth-order valence-electron chi connectivity index (χ4n) is 10.4. The number of hydroxylamine groups is 2. The first-order valence-electron chi connectivity index (χ1n) is 28.1. The summed E-state index contributed by atoms with van der Waals surface area (Å²) < 4.78 is 101. The van der Waals surface area contributed by atoms with Gasteiger partial charge in [0, 0.05) is 99.3 Å². The molecule has 4 heterocycles. The predicted octanol–water partition coefficient (Wildman–Crippen LogP) is 7.10. The van der Waals surface area contributed by atoms with Crippen LogP contribution in [0.5, 0.6) is 0 Å². The molecule has 6 rings (SSSR count). The van der Waals surface area contributed by atoms with E-state index in [1.54, 1.807) is 6.07 Å². The van der Waals surface area contributed by atoms with Crippen LogP contribution in [-0.2, 0) is 65.2 Å². The Labute approximate surface area is 487 Å². The van der Waals surface area contributed by atoms with Crippen molar-refractivity contribution in [3.8, 4) is 0 Å². The number of carbonyl (C=O) groups excluding carboxylic acids is 4. The molecule has 24 nitrogen and oxygen atoms in total. The number of nitrogens with one attached hydrogen (secondary N) is 4. The first-order chi connectivity index (χ1) is 39.2. The fraction of sp³-hybridized carbons (Fsp3) is 0.536. The summed E-state index contributed by atoms with van der Waals surface area (Å²) in [5.41, 5.74) is 5.74. The molecule has 0 saturated carbocycles.